The van der Waals surface area contributed by atoms with Crippen molar-refractivity contribution in [3.8, 4) is 5.75 Å². The molecule has 0 amide bonds. The van der Waals surface area contributed by atoms with Crippen molar-refractivity contribution in [3.05, 3.63) is 70.0 Å². The predicted octanol–water partition coefficient (Wildman–Crippen LogP) is 4.98. The predicted molar refractivity (Wildman–Crippen MR) is 110 cm³/mol. The maximum absolute atomic E-state index is 13.7. The second-order valence-corrected chi connectivity index (χ2v) is 7.57. The lowest BCUT2D eigenvalue weighted by Crippen LogP contribution is -2.40. The number of hydrogen-bond acceptors (Lipinski definition) is 3. The van der Waals surface area contributed by atoms with E-state index in [0.29, 0.717) is 12.1 Å². The van der Waals surface area contributed by atoms with Crippen molar-refractivity contribution in [1.29, 1.82) is 0 Å². The molecular weight excluding hydrogens is 365 g/mol. The van der Waals surface area contributed by atoms with E-state index in [-0.39, 0.29) is 10.9 Å². The normalized spacial score (nSPS) is 15.5. The van der Waals surface area contributed by atoms with E-state index in [1.807, 2.05) is 63.2 Å². The molecule has 0 spiro atoms. The van der Waals surface area contributed by atoms with E-state index in [1.54, 1.807) is 13.2 Å². The molecule has 146 valence electrons. The Bertz CT molecular complexity index is 804. The molecule has 0 aliphatic rings. The SMILES string of the molecule is COc1ccc(C=C(C)C(O)(c2ccc(F)c(Cl)c2)C(C)CN(C)C)cc1. The van der Waals surface area contributed by atoms with Crippen LogP contribution in [0.1, 0.15) is 25.0 Å². The Morgan fingerprint density at radius 1 is 1.26 bits per heavy atom. The van der Waals surface area contributed by atoms with Crippen LogP contribution >= 0.6 is 11.6 Å². The van der Waals surface area contributed by atoms with Gasteiger partial charge in [-0.05, 0) is 62.0 Å². The van der Waals surface area contributed by atoms with Crippen LogP contribution in [0.2, 0.25) is 5.02 Å². The van der Waals surface area contributed by atoms with E-state index in [4.69, 9.17) is 16.3 Å². The van der Waals surface area contributed by atoms with Gasteiger partial charge < -0.3 is 14.7 Å². The van der Waals surface area contributed by atoms with Crippen molar-refractivity contribution in [2.24, 2.45) is 5.92 Å². The van der Waals surface area contributed by atoms with Crippen LogP contribution in [-0.4, -0.2) is 37.8 Å². The summed E-state index contributed by atoms with van der Waals surface area (Å²) in [4.78, 5) is 2.02. The van der Waals surface area contributed by atoms with Crippen molar-refractivity contribution in [2.75, 3.05) is 27.7 Å². The van der Waals surface area contributed by atoms with Gasteiger partial charge in [0.25, 0.3) is 0 Å². The maximum Gasteiger partial charge on any atom is 0.141 e. The second-order valence-electron chi connectivity index (χ2n) is 7.16. The molecule has 0 fully saturated rings. The number of methoxy groups -OCH3 is 1. The molecule has 0 saturated carbocycles. The quantitative estimate of drug-likeness (QED) is 0.722. The highest BCUT2D eigenvalue weighted by Crippen LogP contribution is 2.39. The Morgan fingerprint density at radius 2 is 1.89 bits per heavy atom. The Morgan fingerprint density at radius 3 is 2.41 bits per heavy atom. The van der Waals surface area contributed by atoms with Gasteiger partial charge in [-0.2, -0.15) is 0 Å². The number of hydrogen-bond donors (Lipinski definition) is 1. The van der Waals surface area contributed by atoms with Crippen LogP contribution < -0.4 is 4.74 Å². The Hall–Kier alpha value is -1.88. The van der Waals surface area contributed by atoms with Crippen LogP contribution in [-0.2, 0) is 5.60 Å². The zero-order valence-corrected chi connectivity index (χ0v) is 17.2. The molecular formula is C22H27ClFNO2. The fraction of sp³-hybridized carbons (Fsp3) is 0.364. The van der Waals surface area contributed by atoms with Crippen LogP contribution in [0.4, 0.5) is 4.39 Å². The molecule has 27 heavy (non-hydrogen) atoms. The third-order valence-electron chi connectivity index (χ3n) is 4.81. The van der Waals surface area contributed by atoms with Crippen molar-refractivity contribution >= 4 is 17.7 Å². The minimum absolute atomic E-state index is 0.000209. The first kappa shape index (κ1) is 21.4. The van der Waals surface area contributed by atoms with E-state index in [1.165, 1.54) is 12.1 Å². The summed E-state index contributed by atoms with van der Waals surface area (Å²) in [5.74, 6) is 0.120. The first-order chi connectivity index (χ1) is 12.7. The second kappa shape index (κ2) is 8.87. The van der Waals surface area contributed by atoms with E-state index in [9.17, 15) is 9.50 Å². The molecule has 0 bridgehead atoms. The first-order valence-electron chi connectivity index (χ1n) is 8.84. The highest BCUT2D eigenvalue weighted by molar-refractivity contribution is 6.30. The molecule has 2 aromatic carbocycles. The fourth-order valence-electron chi connectivity index (χ4n) is 3.37. The lowest BCUT2D eigenvalue weighted by Gasteiger charge is -2.37. The van der Waals surface area contributed by atoms with Crippen LogP contribution in [0.15, 0.2) is 48.0 Å². The van der Waals surface area contributed by atoms with E-state index in [2.05, 4.69) is 0 Å². The van der Waals surface area contributed by atoms with Gasteiger partial charge in [0.1, 0.15) is 17.2 Å². The minimum Gasteiger partial charge on any atom is -0.497 e. The maximum atomic E-state index is 13.7. The van der Waals surface area contributed by atoms with Crippen LogP contribution in [0.25, 0.3) is 6.08 Å². The fourth-order valence-corrected chi connectivity index (χ4v) is 3.55. The summed E-state index contributed by atoms with van der Waals surface area (Å²) in [6.45, 7) is 4.51. The largest absolute Gasteiger partial charge is 0.497 e. The molecule has 2 aromatic rings. The third kappa shape index (κ3) is 4.89. The number of halogens is 2. The number of benzene rings is 2. The van der Waals surface area contributed by atoms with Gasteiger partial charge in [-0.25, -0.2) is 4.39 Å². The summed E-state index contributed by atoms with van der Waals surface area (Å²) in [6, 6.07) is 12.0. The van der Waals surface area contributed by atoms with Gasteiger partial charge in [-0.3, -0.25) is 0 Å². The Balaban J connectivity index is 2.52. The number of aliphatic hydroxyl groups is 1. The number of rotatable bonds is 7. The van der Waals surface area contributed by atoms with E-state index >= 15 is 0 Å². The molecule has 0 aromatic heterocycles. The Labute approximate surface area is 166 Å². The number of nitrogens with zero attached hydrogens (tertiary/aromatic N) is 1. The lowest BCUT2D eigenvalue weighted by molar-refractivity contribution is 0.0105. The average Bonchev–Trinajstić information content (AvgIpc) is 2.63. The van der Waals surface area contributed by atoms with Crippen LogP contribution in [0.3, 0.4) is 0 Å². The van der Waals surface area contributed by atoms with E-state index in [0.717, 1.165) is 16.9 Å². The lowest BCUT2D eigenvalue weighted by atomic mass is 9.76. The van der Waals surface area contributed by atoms with Crippen molar-refractivity contribution in [3.63, 3.8) is 0 Å². The summed E-state index contributed by atoms with van der Waals surface area (Å²) in [6.07, 6.45) is 1.93. The standard InChI is InChI=1S/C22H27ClFNO2/c1-15(12-17-6-9-19(27-5)10-7-17)22(26,16(2)14-25(3)4)18-8-11-21(24)20(23)13-18/h6-13,16,26H,14H2,1-5H3. The molecule has 0 aliphatic carbocycles. The number of ether oxygens (including phenoxy) is 1. The minimum atomic E-state index is -1.29. The molecule has 2 rings (SSSR count). The Kier molecular flexibility index (Phi) is 7.04. The topological polar surface area (TPSA) is 32.7 Å². The summed E-state index contributed by atoms with van der Waals surface area (Å²) in [7, 11) is 5.53. The van der Waals surface area contributed by atoms with Crippen LogP contribution in [0, 0.1) is 11.7 Å². The van der Waals surface area contributed by atoms with Gasteiger partial charge in [0.05, 0.1) is 12.1 Å². The van der Waals surface area contributed by atoms with Crippen molar-refractivity contribution in [1.82, 2.24) is 4.90 Å². The van der Waals surface area contributed by atoms with Crippen LogP contribution in [0.5, 0.6) is 5.75 Å². The first-order valence-corrected chi connectivity index (χ1v) is 9.21. The summed E-state index contributed by atoms with van der Waals surface area (Å²) in [5.41, 5.74) is 0.980. The molecule has 5 heteroatoms. The molecule has 1 N–H and O–H groups in total. The van der Waals surface area contributed by atoms with Gasteiger partial charge in [-0.15, -0.1) is 0 Å². The monoisotopic (exact) mass is 391 g/mol. The highest BCUT2D eigenvalue weighted by Gasteiger charge is 2.38. The smallest absolute Gasteiger partial charge is 0.141 e. The van der Waals surface area contributed by atoms with E-state index < -0.39 is 11.4 Å². The van der Waals surface area contributed by atoms with Crippen molar-refractivity contribution < 1.29 is 14.2 Å². The molecule has 0 radical (unpaired) electrons. The summed E-state index contributed by atoms with van der Waals surface area (Å²) in [5, 5.41) is 11.7. The third-order valence-corrected chi connectivity index (χ3v) is 5.10. The summed E-state index contributed by atoms with van der Waals surface area (Å²) >= 11 is 6.00. The van der Waals surface area contributed by atoms with Gasteiger partial charge in [0, 0.05) is 12.5 Å². The van der Waals surface area contributed by atoms with Gasteiger partial charge in [0.15, 0.2) is 0 Å². The highest BCUT2D eigenvalue weighted by atomic mass is 35.5. The zero-order valence-electron chi connectivity index (χ0n) is 16.5. The molecule has 0 heterocycles. The zero-order chi connectivity index (χ0) is 20.2. The molecule has 0 aliphatic heterocycles. The van der Waals surface area contributed by atoms with Crippen molar-refractivity contribution in [2.45, 2.75) is 19.4 Å². The average molecular weight is 392 g/mol. The summed E-state index contributed by atoms with van der Waals surface area (Å²) < 4.78 is 18.9. The van der Waals surface area contributed by atoms with Gasteiger partial charge in [0.2, 0.25) is 0 Å². The molecule has 3 nitrogen and oxygen atoms in total. The van der Waals surface area contributed by atoms with Gasteiger partial charge >= 0.3 is 0 Å². The molecule has 2 atom stereocenters. The molecule has 0 saturated heterocycles. The molecule has 2 unspecified atom stereocenters. The van der Waals surface area contributed by atoms with Gasteiger partial charge in [-0.1, -0.05) is 42.8 Å².